The van der Waals surface area contributed by atoms with Gasteiger partial charge in [0.25, 0.3) is 5.91 Å². The van der Waals surface area contributed by atoms with Crippen LogP contribution >= 0.6 is 0 Å². The molecule has 1 aromatic heterocycles. The Morgan fingerprint density at radius 2 is 2.50 bits per heavy atom. The highest BCUT2D eigenvalue weighted by molar-refractivity contribution is 5.81. The molecular formula is C13H16N2O3. The Morgan fingerprint density at radius 1 is 1.61 bits per heavy atom. The molecule has 5 heteroatoms. The third kappa shape index (κ3) is 3.11. The van der Waals surface area contributed by atoms with E-state index in [0.29, 0.717) is 26.1 Å². The fraction of sp³-hybridized carbons (Fsp3) is 0.538. The molecule has 0 bridgehead atoms. The van der Waals surface area contributed by atoms with Crippen molar-refractivity contribution in [3.8, 4) is 6.07 Å². The molecule has 0 radical (unpaired) electrons. The van der Waals surface area contributed by atoms with E-state index in [0.717, 1.165) is 18.6 Å². The lowest BCUT2D eigenvalue weighted by Gasteiger charge is -2.23. The van der Waals surface area contributed by atoms with Gasteiger partial charge in [-0.15, -0.1) is 0 Å². The molecule has 0 saturated carbocycles. The van der Waals surface area contributed by atoms with E-state index in [1.807, 2.05) is 6.07 Å². The van der Waals surface area contributed by atoms with E-state index in [2.05, 4.69) is 6.07 Å². The Labute approximate surface area is 106 Å². The van der Waals surface area contributed by atoms with Crippen LogP contribution in [0.4, 0.5) is 0 Å². The Kier molecular flexibility index (Phi) is 4.37. The number of carbonyl (C=O) groups is 1. The largest absolute Gasteiger partial charge is 0.467 e. The van der Waals surface area contributed by atoms with Gasteiger partial charge in [0.1, 0.15) is 11.9 Å². The van der Waals surface area contributed by atoms with Crippen LogP contribution in [0.1, 0.15) is 25.0 Å². The van der Waals surface area contributed by atoms with Gasteiger partial charge in [-0.25, -0.2) is 0 Å². The highest BCUT2D eigenvalue weighted by Gasteiger charge is 2.28. The Hall–Kier alpha value is -1.80. The van der Waals surface area contributed by atoms with Crippen molar-refractivity contribution >= 4 is 5.91 Å². The smallest absolute Gasteiger partial charge is 0.252 e. The summed E-state index contributed by atoms with van der Waals surface area (Å²) in [4.78, 5) is 13.9. The molecule has 1 aromatic rings. The molecule has 96 valence electrons. The number of furan rings is 1. The second kappa shape index (κ2) is 6.22. The van der Waals surface area contributed by atoms with Crippen molar-refractivity contribution < 1.29 is 13.9 Å². The lowest BCUT2D eigenvalue weighted by atomic mass is 10.2. The number of hydrogen-bond donors (Lipinski definition) is 0. The number of ether oxygens (including phenoxy) is 1. The Balaban J connectivity index is 1.99. The summed E-state index contributed by atoms with van der Waals surface area (Å²) in [7, 11) is 0. The van der Waals surface area contributed by atoms with Gasteiger partial charge in [-0.05, 0) is 25.0 Å². The molecule has 0 spiro atoms. The molecule has 18 heavy (non-hydrogen) atoms. The first-order chi connectivity index (χ1) is 8.81. The van der Waals surface area contributed by atoms with Crippen molar-refractivity contribution in [2.45, 2.75) is 31.9 Å². The first-order valence-corrected chi connectivity index (χ1v) is 6.11. The number of hydrogen-bond acceptors (Lipinski definition) is 4. The van der Waals surface area contributed by atoms with Crippen LogP contribution in [-0.4, -0.2) is 30.1 Å². The minimum atomic E-state index is -0.348. The third-order valence-corrected chi connectivity index (χ3v) is 2.94. The zero-order valence-corrected chi connectivity index (χ0v) is 10.2. The maximum atomic E-state index is 12.2. The zero-order chi connectivity index (χ0) is 12.8. The van der Waals surface area contributed by atoms with Crippen LogP contribution in [0.5, 0.6) is 0 Å². The molecule has 1 amide bonds. The molecule has 0 aromatic carbocycles. The van der Waals surface area contributed by atoms with Crippen LogP contribution in [0.3, 0.4) is 0 Å². The first-order valence-electron chi connectivity index (χ1n) is 6.11. The average molecular weight is 248 g/mol. The van der Waals surface area contributed by atoms with E-state index in [1.165, 1.54) is 0 Å². The van der Waals surface area contributed by atoms with E-state index in [9.17, 15) is 4.79 Å². The standard InChI is InChI=1S/C13H16N2O3/c14-6-3-7-15(10-11-4-1-8-17-11)13(16)12-5-2-9-18-12/h1,4,8,12H,2-3,5,7,9-10H2. The maximum absolute atomic E-state index is 12.2. The summed E-state index contributed by atoms with van der Waals surface area (Å²) in [6.45, 7) is 1.45. The number of nitrogens with zero attached hydrogens (tertiary/aromatic N) is 2. The van der Waals surface area contributed by atoms with Gasteiger partial charge in [0.2, 0.25) is 0 Å². The van der Waals surface area contributed by atoms with Gasteiger partial charge in [-0.2, -0.15) is 5.26 Å². The van der Waals surface area contributed by atoms with E-state index >= 15 is 0 Å². The number of amides is 1. The van der Waals surface area contributed by atoms with Crippen LogP contribution < -0.4 is 0 Å². The quantitative estimate of drug-likeness (QED) is 0.795. The summed E-state index contributed by atoms with van der Waals surface area (Å²) < 4.78 is 10.6. The molecule has 1 unspecified atom stereocenters. The van der Waals surface area contributed by atoms with Gasteiger partial charge in [-0.3, -0.25) is 4.79 Å². The molecular weight excluding hydrogens is 232 g/mol. The summed E-state index contributed by atoms with van der Waals surface area (Å²) in [5, 5.41) is 8.65. The molecule has 1 fully saturated rings. The molecule has 1 aliphatic rings. The predicted octanol–water partition coefficient (Wildman–Crippen LogP) is 1.70. The lowest BCUT2D eigenvalue weighted by Crippen LogP contribution is -2.38. The van der Waals surface area contributed by atoms with Gasteiger partial charge >= 0.3 is 0 Å². The molecule has 2 rings (SSSR count). The minimum absolute atomic E-state index is 0.0425. The van der Waals surface area contributed by atoms with Crippen LogP contribution in [0.15, 0.2) is 22.8 Å². The molecule has 5 nitrogen and oxygen atoms in total. The maximum Gasteiger partial charge on any atom is 0.252 e. The SMILES string of the molecule is N#CCCN(Cc1ccco1)C(=O)C1CCCO1. The van der Waals surface area contributed by atoms with Crippen molar-refractivity contribution in [3.05, 3.63) is 24.2 Å². The van der Waals surface area contributed by atoms with Crippen molar-refractivity contribution in [2.75, 3.05) is 13.2 Å². The van der Waals surface area contributed by atoms with Gasteiger partial charge in [0.05, 0.1) is 25.3 Å². The minimum Gasteiger partial charge on any atom is -0.467 e. The topological polar surface area (TPSA) is 66.5 Å². The van der Waals surface area contributed by atoms with Gasteiger partial charge in [-0.1, -0.05) is 0 Å². The molecule has 1 aliphatic heterocycles. The molecule has 0 N–H and O–H groups in total. The molecule has 1 saturated heterocycles. The highest BCUT2D eigenvalue weighted by atomic mass is 16.5. The lowest BCUT2D eigenvalue weighted by molar-refractivity contribution is -0.141. The second-order valence-electron chi connectivity index (χ2n) is 4.25. The molecule has 1 atom stereocenters. The fourth-order valence-corrected chi connectivity index (χ4v) is 2.02. The summed E-state index contributed by atoms with van der Waals surface area (Å²) in [6.07, 6.45) is 3.23. The van der Waals surface area contributed by atoms with Crippen molar-refractivity contribution in [1.82, 2.24) is 4.90 Å². The average Bonchev–Trinajstić information content (AvgIpc) is 3.06. The number of rotatable bonds is 5. The fourth-order valence-electron chi connectivity index (χ4n) is 2.02. The summed E-state index contributed by atoms with van der Waals surface area (Å²) in [6, 6.07) is 5.67. The van der Waals surface area contributed by atoms with Crippen molar-refractivity contribution in [2.24, 2.45) is 0 Å². The summed E-state index contributed by atoms with van der Waals surface area (Å²) >= 11 is 0. The monoisotopic (exact) mass is 248 g/mol. The van der Waals surface area contributed by atoms with E-state index in [-0.39, 0.29) is 12.0 Å². The Bertz CT molecular complexity index is 416. The number of nitriles is 1. The molecule has 2 heterocycles. The van der Waals surface area contributed by atoms with Crippen LogP contribution in [0.25, 0.3) is 0 Å². The molecule has 0 aliphatic carbocycles. The number of carbonyl (C=O) groups excluding carboxylic acids is 1. The zero-order valence-electron chi connectivity index (χ0n) is 10.2. The van der Waals surface area contributed by atoms with E-state index < -0.39 is 0 Å². The van der Waals surface area contributed by atoms with E-state index in [1.54, 1.807) is 17.2 Å². The van der Waals surface area contributed by atoms with Crippen molar-refractivity contribution in [3.63, 3.8) is 0 Å². The van der Waals surface area contributed by atoms with Gasteiger partial charge < -0.3 is 14.1 Å². The summed E-state index contributed by atoms with van der Waals surface area (Å²) in [5.74, 6) is 0.679. The first kappa shape index (κ1) is 12.7. The second-order valence-corrected chi connectivity index (χ2v) is 4.25. The highest BCUT2D eigenvalue weighted by Crippen LogP contribution is 2.16. The van der Waals surface area contributed by atoms with Gasteiger partial charge in [0.15, 0.2) is 0 Å². The predicted molar refractivity (Wildman–Crippen MR) is 63.3 cm³/mol. The van der Waals surface area contributed by atoms with Crippen LogP contribution in [-0.2, 0) is 16.1 Å². The van der Waals surface area contributed by atoms with Gasteiger partial charge in [0, 0.05) is 13.2 Å². The third-order valence-electron chi connectivity index (χ3n) is 2.94. The van der Waals surface area contributed by atoms with Crippen LogP contribution in [0.2, 0.25) is 0 Å². The van der Waals surface area contributed by atoms with Crippen molar-refractivity contribution in [1.29, 1.82) is 5.26 Å². The normalized spacial score (nSPS) is 18.5. The van der Waals surface area contributed by atoms with Crippen LogP contribution in [0, 0.1) is 11.3 Å². The van der Waals surface area contributed by atoms with E-state index in [4.69, 9.17) is 14.4 Å². The summed E-state index contributed by atoms with van der Waals surface area (Å²) in [5.41, 5.74) is 0. The Morgan fingerprint density at radius 3 is 3.11 bits per heavy atom.